The average molecular weight is 281 g/mol. The fourth-order valence-electron chi connectivity index (χ4n) is 2.74. The summed E-state index contributed by atoms with van der Waals surface area (Å²) in [7, 11) is 0. The van der Waals surface area contributed by atoms with Crippen LogP contribution in [0.4, 0.5) is 0 Å². The number of hydrogen-bond acceptors (Lipinski definition) is 4. The van der Waals surface area contributed by atoms with E-state index >= 15 is 0 Å². The van der Waals surface area contributed by atoms with Crippen molar-refractivity contribution in [3.8, 4) is 0 Å². The molecule has 2 heterocycles. The zero-order valence-electron chi connectivity index (χ0n) is 10.5. The van der Waals surface area contributed by atoms with Gasteiger partial charge in [-0.1, -0.05) is 25.1 Å². The highest BCUT2D eigenvalue weighted by atomic mass is 32.2. The number of aromatic nitrogens is 2. The molecule has 1 aliphatic carbocycles. The molecule has 0 amide bonds. The standard InChI is InChI=1S/C13H19N3S2/c17-13-10-7-14-6-5-11(10)15-12(16-13)8-18-9-3-1-2-4-9/h9,14H,1-8H2,(H,15,16,17). The van der Waals surface area contributed by atoms with Crippen molar-refractivity contribution in [2.24, 2.45) is 0 Å². The number of thioether (sulfide) groups is 1. The minimum Gasteiger partial charge on any atom is -0.346 e. The molecule has 1 aromatic heterocycles. The molecule has 1 fully saturated rings. The van der Waals surface area contributed by atoms with E-state index in [9.17, 15) is 0 Å². The molecule has 3 nitrogen and oxygen atoms in total. The molecule has 18 heavy (non-hydrogen) atoms. The first kappa shape index (κ1) is 12.6. The van der Waals surface area contributed by atoms with Gasteiger partial charge in [-0.25, -0.2) is 4.98 Å². The number of H-pyrrole nitrogens is 1. The molecule has 1 saturated carbocycles. The summed E-state index contributed by atoms with van der Waals surface area (Å²) in [5.74, 6) is 2.05. The molecular formula is C13H19N3S2. The molecule has 0 spiro atoms. The molecule has 0 unspecified atom stereocenters. The van der Waals surface area contributed by atoms with Gasteiger partial charge in [0.2, 0.25) is 0 Å². The summed E-state index contributed by atoms with van der Waals surface area (Å²) in [4.78, 5) is 8.04. The Kier molecular flexibility index (Phi) is 4.01. The summed E-state index contributed by atoms with van der Waals surface area (Å²) in [6.07, 6.45) is 6.59. The molecule has 0 aromatic carbocycles. The van der Waals surface area contributed by atoms with E-state index in [0.29, 0.717) is 0 Å². The van der Waals surface area contributed by atoms with Crippen molar-refractivity contribution >= 4 is 24.0 Å². The Labute approximate surface area is 117 Å². The number of rotatable bonds is 3. The SMILES string of the molecule is S=c1nc(CSC2CCCC2)[nH]c2c1CNCC2. The Bertz CT molecular complexity index is 478. The van der Waals surface area contributed by atoms with Crippen molar-refractivity contribution in [1.29, 1.82) is 0 Å². The van der Waals surface area contributed by atoms with Crippen molar-refractivity contribution in [1.82, 2.24) is 15.3 Å². The molecular weight excluding hydrogens is 262 g/mol. The maximum absolute atomic E-state index is 5.39. The highest BCUT2D eigenvalue weighted by Crippen LogP contribution is 2.31. The van der Waals surface area contributed by atoms with Gasteiger partial charge in [-0.3, -0.25) is 0 Å². The second-order valence-electron chi connectivity index (χ2n) is 5.09. The highest BCUT2D eigenvalue weighted by Gasteiger charge is 2.17. The van der Waals surface area contributed by atoms with Crippen LogP contribution in [0, 0.1) is 4.64 Å². The average Bonchev–Trinajstić information content (AvgIpc) is 2.90. The first-order valence-corrected chi connectivity index (χ1v) is 8.22. The number of nitrogens with zero attached hydrogens (tertiary/aromatic N) is 1. The van der Waals surface area contributed by atoms with Crippen LogP contribution in [0.1, 0.15) is 42.8 Å². The fourth-order valence-corrected chi connectivity index (χ4v) is 4.24. The zero-order chi connectivity index (χ0) is 12.4. The Balaban J connectivity index is 1.72. The maximum atomic E-state index is 5.39. The quantitative estimate of drug-likeness (QED) is 0.836. The van der Waals surface area contributed by atoms with Crippen LogP contribution in [-0.4, -0.2) is 21.8 Å². The topological polar surface area (TPSA) is 40.7 Å². The summed E-state index contributed by atoms with van der Waals surface area (Å²) < 4.78 is 0.790. The van der Waals surface area contributed by atoms with E-state index in [-0.39, 0.29) is 0 Å². The van der Waals surface area contributed by atoms with Crippen molar-refractivity contribution in [3.63, 3.8) is 0 Å². The summed E-state index contributed by atoms with van der Waals surface area (Å²) in [5, 5.41) is 4.19. The monoisotopic (exact) mass is 281 g/mol. The molecule has 0 bridgehead atoms. The van der Waals surface area contributed by atoms with Crippen molar-refractivity contribution in [3.05, 3.63) is 21.7 Å². The van der Waals surface area contributed by atoms with Crippen LogP contribution in [0.25, 0.3) is 0 Å². The third-order valence-corrected chi connectivity index (χ3v) is 5.49. The van der Waals surface area contributed by atoms with Gasteiger partial charge in [0.05, 0.1) is 5.75 Å². The Morgan fingerprint density at radius 2 is 2.17 bits per heavy atom. The van der Waals surface area contributed by atoms with Gasteiger partial charge in [-0.05, 0) is 12.8 Å². The van der Waals surface area contributed by atoms with Crippen LogP contribution in [0.3, 0.4) is 0 Å². The maximum Gasteiger partial charge on any atom is 0.134 e. The second kappa shape index (κ2) is 5.72. The molecule has 1 aromatic rings. The van der Waals surface area contributed by atoms with Crippen molar-refractivity contribution < 1.29 is 0 Å². The minimum atomic E-state index is 0.790. The fraction of sp³-hybridized carbons (Fsp3) is 0.692. The molecule has 2 N–H and O–H groups in total. The van der Waals surface area contributed by atoms with Gasteiger partial charge in [0.25, 0.3) is 0 Å². The van der Waals surface area contributed by atoms with Crippen LogP contribution in [-0.2, 0) is 18.7 Å². The van der Waals surface area contributed by atoms with Gasteiger partial charge in [-0.15, -0.1) is 0 Å². The number of hydrogen-bond donors (Lipinski definition) is 2. The van der Waals surface area contributed by atoms with Crippen LogP contribution in [0.2, 0.25) is 0 Å². The lowest BCUT2D eigenvalue weighted by molar-refractivity contribution is 0.620. The van der Waals surface area contributed by atoms with Gasteiger partial charge in [-0.2, -0.15) is 11.8 Å². The van der Waals surface area contributed by atoms with Gasteiger partial charge >= 0.3 is 0 Å². The lowest BCUT2D eigenvalue weighted by Crippen LogP contribution is -2.25. The Morgan fingerprint density at radius 3 is 3.00 bits per heavy atom. The summed E-state index contributed by atoms with van der Waals surface area (Å²) in [6.45, 7) is 1.91. The third kappa shape index (κ3) is 2.78. The lowest BCUT2D eigenvalue weighted by Gasteiger charge is -2.18. The van der Waals surface area contributed by atoms with E-state index < -0.39 is 0 Å². The van der Waals surface area contributed by atoms with Crippen molar-refractivity contribution in [2.45, 2.75) is 49.7 Å². The van der Waals surface area contributed by atoms with E-state index in [2.05, 4.69) is 15.3 Å². The summed E-state index contributed by atoms with van der Waals surface area (Å²) >= 11 is 7.44. The van der Waals surface area contributed by atoms with E-state index in [4.69, 9.17) is 12.2 Å². The van der Waals surface area contributed by atoms with Gasteiger partial charge < -0.3 is 10.3 Å². The molecule has 3 rings (SSSR count). The third-order valence-electron chi connectivity index (χ3n) is 3.77. The Morgan fingerprint density at radius 1 is 1.33 bits per heavy atom. The van der Waals surface area contributed by atoms with Crippen LogP contribution < -0.4 is 5.32 Å². The predicted molar refractivity (Wildman–Crippen MR) is 78.4 cm³/mol. The van der Waals surface area contributed by atoms with E-state index in [0.717, 1.165) is 41.0 Å². The summed E-state index contributed by atoms with van der Waals surface area (Å²) in [5.41, 5.74) is 2.50. The van der Waals surface area contributed by atoms with Crippen LogP contribution in [0.5, 0.6) is 0 Å². The Hall–Kier alpha value is -0.390. The first-order chi connectivity index (χ1) is 8.83. The molecule has 0 atom stereocenters. The second-order valence-corrected chi connectivity index (χ2v) is 6.77. The van der Waals surface area contributed by atoms with E-state index in [1.54, 1.807) is 0 Å². The van der Waals surface area contributed by atoms with E-state index in [1.807, 2.05) is 11.8 Å². The van der Waals surface area contributed by atoms with Crippen LogP contribution in [0.15, 0.2) is 0 Å². The van der Waals surface area contributed by atoms with Crippen molar-refractivity contribution in [2.75, 3.05) is 6.54 Å². The van der Waals surface area contributed by atoms with Gasteiger partial charge in [0, 0.05) is 36.0 Å². The van der Waals surface area contributed by atoms with Gasteiger partial charge in [0.15, 0.2) is 0 Å². The molecule has 0 radical (unpaired) electrons. The molecule has 1 aliphatic heterocycles. The molecule has 98 valence electrons. The molecule has 5 heteroatoms. The number of aromatic amines is 1. The molecule has 0 saturated heterocycles. The predicted octanol–water partition coefficient (Wildman–Crippen LogP) is 2.96. The number of nitrogens with one attached hydrogen (secondary N) is 2. The minimum absolute atomic E-state index is 0.790. The largest absolute Gasteiger partial charge is 0.346 e. The van der Waals surface area contributed by atoms with Gasteiger partial charge in [0.1, 0.15) is 10.5 Å². The zero-order valence-corrected chi connectivity index (χ0v) is 12.1. The highest BCUT2D eigenvalue weighted by molar-refractivity contribution is 7.99. The smallest absolute Gasteiger partial charge is 0.134 e. The lowest BCUT2D eigenvalue weighted by atomic mass is 10.1. The number of fused-ring (bicyclic) bond motifs is 1. The molecule has 2 aliphatic rings. The van der Waals surface area contributed by atoms with Crippen LogP contribution >= 0.6 is 24.0 Å². The summed E-state index contributed by atoms with van der Waals surface area (Å²) in [6, 6.07) is 0. The first-order valence-electron chi connectivity index (χ1n) is 6.76. The normalized spacial score (nSPS) is 20.0. The van der Waals surface area contributed by atoms with E-state index in [1.165, 1.54) is 36.9 Å².